The van der Waals surface area contributed by atoms with E-state index in [1.807, 2.05) is 0 Å². The summed E-state index contributed by atoms with van der Waals surface area (Å²) in [6.45, 7) is 0.360. The van der Waals surface area contributed by atoms with Gasteiger partial charge in [0.1, 0.15) is 5.75 Å². The lowest BCUT2D eigenvalue weighted by Gasteiger charge is -2.06. The second-order valence-electron chi connectivity index (χ2n) is 5.22. The van der Waals surface area contributed by atoms with Crippen LogP contribution in [-0.4, -0.2) is 29.7 Å². The van der Waals surface area contributed by atoms with Crippen LogP contribution in [-0.2, 0) is 4.79 Å². The minimum absolute atomic E-state index is 0.167. The highest BCUT2D eigenvalue weighted by Gasteiger charge is 2.08. The van der Waals surface area contributed by atoms with Gasteiger partial charge < -0.3 is 10.4 Å². The van der Waals surface area contributed by atoms with Gasteiger partial charge in [-0.1, -0.05) is 23.7 Å². The Morgan fingerprint density at radius 2 is 1.84 bits per heavy atom. The zero-order valence-corrected chi connectivity index (χ0v) is 14.2. The van der Waals surface area contributed by atoms with E-state index >= 15 is 0 Å². The van der Waals surface area contributed by atoms with Gasteiger partial charge in [-0.3, -0.25) is 9.59 Å². The summed E-state index contributed by atoms with van der Waals surface area (Å²) in [5, 5.41) is 16.1. The minimum Gasteiger partial charge on any atom is -0.508 e. The summed E-state index contributed by atoms with van der Waals surface area (Å²) in [4.78, 5) is 23.6. The van der Waals surface area contributed by atoms with Crippen molar-refractivity contribution in [1.82, 2.24) is 10.7 Å². The second-order valence-corrected chi connectivity index (χ2v) is 5.63. The first-order chi connectivity index (χ1) is 12.1. The van der Waals surface area contributed by atoms with E-state index in [2.05, 4.69) is 15.8 Å². The third-order valence-corrected chi connectivity index (χ3v) is 3.61. The Bertz CT molecular complexity index is 760. The second kappa shape index (κ2) is 9.44. The number of carbonyl (C=O) groups is 2. The van der Waals surface area contributed by atoms with Gasteiger partial charge in [0.2, 0.25) is 5.91 Å². The van der Waals surface area contributed by atoms with E-state index in [9.17, 15) is 9.59 Å². The molecule has 0 aromatic heterocycles. The van der Waals surface area contributed by atoms with Crippen LogP contribution >= 0.6 is 11.6 Å². The third-order valence-electron chi connectivity index (χ3n) is 3.28. The van der Waals surface area contributed by atoms with E-state index in [1.165, 1.54) is 18.3 Å². The molecule has 0 saturated carbocycles. The summed E-state index contributed by atoms with van der Waals surface area (Å²) in [6, 6.07) is 13.2. The van der Waals surface area contributed by atoms with Crippen LogP contribution in [0.5, 0.6) is 5.75 Å². The Morgan fingerprint density at radius 3 is 2.56 bits per heavy atom. The van der Waals surface area contributed by atoms with Gasteiger partial charge in [-0.05, 0) is 48.4 Å². The fourth-order valence-electron chi connectivity index (χ4n) is 1.99. The molecule has 6 nitrogen and oxygen atoms in total. The van der Waals surface area contributed by atoms with Gasteiger partial charge in [-0.15, -0.1) is 0 Å². The molecular formula is C18H18ClN3O3. The van der Waals surface area contributed by atoms with Gasteiger partial charge in [0, 0.05) is 13.0 Å². The minimum atomic E-state index is -0.267. The highest BCUT2D eigenvalue weighted by atomic mass is 35.5. The van der Waals surface area contributed by atoms with E-state index in [0.29, 0.717) is 23.6 Å². The molecule has 130 valence electrons. The first-order valence-corrected chi connectivity index (χ1v) is 8.08. The number of amides is 2. The number of phenolic OH excluding ortho intramolecular Hbond substituents is 1. The number of hydrazone groups is 1. The largest absolute Gasteiger partial charge is 0.508 e. The molecule has 0 aliphatic rings. The summed E-state index contributed by atoms with van der Waals surface area (Å²) in [7, 11) is 0. The Morgan fingerprint density at radius 1 is 1.12 bits per heavy atom. The number of hydrogen-bond donors (Lipinski definition) is 3. The van der Waals surface area contributed by atoms with Crippen LogP contribution in [0.1, 0.15) is 28.8 Å². The molecule has 7 heteroatoms. The van der Waals surface area contributed by atoms with E-state index in [0.717, 1.165) is 5.56 Å². The Kier molecular flexibility index (Phi) is 6.98. The quantitative estimate of drug-likeness (QED) is 0.403. The maximum absolute atomic E-state index is 11.9. The Hall–Kier alpha value is -2.86. The molecule has 0 radical (unpaired) electrons. The molecule has 25 heavy (non-hydrogen) atoms. The summed E-state index contributed by atoms with van der Waals surface area (Å²) in [6.07, 6.45) is 2.20. The summed E-state index contributed by atoms with van der Waals surface area (Å²) >= 11 is 5.94. The molecule has 2 aromatic rings. The predicted molar refractivity (Wildman–Crippen MR) is 96.9 cm³/mol. The van der Waals surface area contributed by atoms with Gasteiger partial charge in [0.05, 0.1) is 16.8 Å². The highest BCUT2D eigenvalue weighted by molar-refractivity contribution is 6.33. The van der Waals surface area contributed by atoms with Crippen molar-refractivity contribution in [2.45, 2.75) is 12.8 Å². The van der Waals surface area contributed by atoms with E-state index in [1.54, 1.807) is 36.4 Å². The van der Waals surface area contributed by atoms with Crippen molar-refractivity contribution in [3.05, 3.63) is 64.7 Å². The average molecular weight is 360 g/mol. The van der Waals surface area contributed by atoms with Crippen LogP contribution in [0.2, 0.25) is 5.02 Å². The van der Waals surface area contributed by atoms with E-state index in [-0.39, 0.29) is 24.0 Å². The van der Waals surface area contributed by atoms with Crippen LogP contribution in [0.3, 0.4) is 0 Å². The molecule has 0 atom stereocenters. The zero-order valence-electron chi connectivity index (χ0n) is 13.4. The normalized spacial score (nSPS) is 10.6. The lowest BCUT2D eigenvalue weighted by Crippen LogP contribution is -2.26. The lowest BCUT2D eigenvalue weighted by atomic mass is 10.2. The first kappa shape index (κ1) is 18.5. The highest BCUT2D eigenvalue weighted by Crippen LogP contribution is 2.14. The smallest absolute Gasteiger partial charge is 0.252 e. The van der Waals surface area contributed by atoms with Gasteiger partial charge in [0.15, 0.2) is 0 Å². The molecule has 0 heterocycles. The Labute approximate surface area is 150 Å². The maximum Gasteiger partial charge on any atom is 0.252 e. The van der Waals surface area contributed by atoms with Crippen LogP contribution in [0.4, 0.5) is 0 Å². The topological polar surface area (TPSA) is 90.8 Å². The molecule has 0 aliphatic heterocycles. The number of aromatic hydroxyl groups is 1. The first-order valence-electron chi connectivity index (χ1n) is 7.70. The average Bonchev–Trinajstić information content (AvgIpc) is 2.60. The molecule has 0 unspecified atom stereocenters. The zero-order chi connectivity index (χ0) is 18.1. The summed E-state index contributed by atoms with van der Waals surface area (Å²) < 4.78 is 0. The number of hydrogen-bond acceptors (Lipinski definition) is 4. The van der Waals surface area contributed by atoms with Gasteiger partial charge in [-0.2, -0.15) is 5.10 Å². The Balaban J connectivity index is 1.66. The molecule has 0 aliphatic carbocycles. The van der Waals surface area contributed by atoms with Gasteiger partial charge in [0.25, 0.3) is 5.91 Å². The fraction of sp³-hybridized carbons (Fsp3) is 0.167. The standard InChI is InChI=1S/C18H18ClN3O3/c19-16-5-2-1-4-15(16)18(25)20-11-3-6-17(24)22-21-12-13-7-9-14(23)10-8-13/h1-2,4-5,7-10,12,23H,3,6,11H2,(H,20,25)(H,22,24)/b21-12+. The number of halogens is 1. The lowest BCUT2D eigenvalue weighted by molar-refractivity contribution is -0.121. The number of nitrogens with zero attached hydrogens (tertiary/aromatic N) is 1. The molecule has 2 aromatic carbocycles. The van der Waals surface area contributed by atoms with Crippen molar-refractivity contribution in [2.24, 2.45) is 5.10 Å². The third kappa shape index (κ3) is 6.27. The number of nitrogens with one attached hydrogen (secondary N) is 2. The molecule has 0 saturated heterocycles. The van der Waals surface area contributed by atoms with Gasteiger partial charge >= 0.3 is 0 Å². The molecule has 3 N–H and O–H groups in total. The van der Waals surface area contributed by atoms with Crippen LogP contribution in [0, 0.1) is 0 Å². The summed E-state index contributed by atoms with van der Waals surface area (Å²) in [5.74, 6) is -0.349. The molecule has 2 amide bonds. The SMILES string of the molecule is O=C(CCCNC(=O)c1ccccc1Cl)N/N=C/c1ccc(O)cc1. The van der Waals surface area contributed by atoms with Crippen molar-refractivity contribution in [1.29, 1.82) is 0 Å². The van der Waals surface area contributed by atoms with E-state index < -0.39 is 0 Å². The monoisotopic (exact) mass is 359 g/mol. The summed E-state index contributed by atoms with van der Waals surface area (Å²) in [5.41, 5.74) is 3.57. The number of rotatable bonds is 7. The predicted octanol–water partition coefficient (Wildman–Crippen LogP) is 2.71. The number of carbonyl (C=O) groups excluding carboxylic acids is 2. The maximum atomic E-state index is 11.9. The molecule has 0 spiro atoms. The molecule has 0 fully saturated rings. The van der Waals surface area contributed by atoms with Crippen LogP contribution < -0.4 is 10.7 Å². The van der Waals surface area contributed by atoms with E-state index in [4.69, 9.17) is 16.7 Å². The molecule has 0 bridgehead atoms. The fourth-order valence-corrected chi connectivity index (χ4v) is 2.21. The van der Waals surface area contributed by atoms with Crippen molar-refractivity contribution in [3.8, 4) is 5.75 Å². The number of benzene rings is 2. The molecule has 2 rings (SSSR count). The van der Waals surface area contributed by atoms with Crippen molar-refractivity contribution < 1.29 is 14.7 Å². The van der Waals surface area contributed by atoms with Crippen molar-refractivity contribution >= 4 is 29.6 Å². The van der Waals surface area contributed by atoms with Crippen molar-refractivity contribution in [3.63, 3.8) is 0 Å². The number of phenols is 1. The van der Waals surface area contributed by atoms with Crippen molar-refractivity contribution in [2.75, 3.05) is 6.54 Å². The van der Waals surface area contributed by atoms with Crippen LogP contribution in [0.15, 0.2) is 53.6 Å². The van der Waals surface area contributed by atoms with Gasteiger partial charge in [-0.25, -0.2) is 5.43 Å². The molecular weight excluding hydrogens is 342 g/mol. The van der Waals surface area contributed by atoms with Crippen LogP contribution in [0.25, 0.3) is 0 Å².